The molecule has 0 spiro atoms. The Labute approximate surface area is 111 Å². The molecule has 1 aromatic heterocycles. The molecule has 1 unspecified atom stereocenters. The summed E-state index contributed by atoms with van der Waals surface area (Å²) in [5.74, 6) is -0.966. The van der Waals surface area contributed by atoms with Gasteiger partial charge >= 0.3 is 5.97 Å². The molecule has 0 saturated heterocycles. The molecule has 0 fully saturated rings. The van der Waals surface area contributed by atoms with Gasteiger partial charge in [0.1, 0.15) is 0 Å². The van der Waals surface area contributed by atoms with Crippen LogP contribution < -0.4 is 5.32 Å². The van der Waals surface area contributed by atoms with E-state index in [0.29, 0.717) is 5.69 Å². The van der Waals surface area contributed by atoms with Crippen molar-refractivity contribution in [3.63, 3.8) is 0 Å². The molecule has 2 rings (SSSR count). The summed E-state index contributed by atoms with van der Waals surface area (Å²) in [4.78, 5) is 26.8. The number of carboxylic acid groups (broad SMARTS) is 1. The molecule has 1 atom stereocenters. The van der Waals surface area contributed by atoms with Crippen LogP contribution in [-0.4, -0.2) is 22.0 Å². The molecule has 1 aliphatic carbocycles. The summed E-state index contributed by atoms with van der Waals surface area (Å²) in [7, 11) is 0. The van der Waals surface area contributed by atoms with Gasteiger partial charge in [-0.3, -0.25) is 9.78 Å². The minimum Gasteiger partial charge on any atom is -0.478 e. The van der Waals surface area contributed by atoms with Crippen molar-refractivity contribution in [1.82, 2.24) is 10.3 Å². The molecule has 1 aromatic rings. The van der Waals surface area contributed by atoms with Crippen molar-refractivity contribution in [2.24, 2.45) is 5.92 Å². The third kappa shape index (κ3) is 3.64. The minimum absolute atomic E-state index is 0.00637. The van der Waals surface area contributed by atoms with Crippen molar-refractivity contribution < 1.29 is 14.7 Å². The largest absolute Gasteiger partial charge is 0.478 e. The van der Waals surface area contributed by atoms with Gasteiger partial charge in [0.25, 0.3) is 0 Å². The average Bonchev–Trinajstić information content (AvgIpc) is 2.46. The fraction of sp³-hybridized carbons (Fsp3) is 0.357. The number of aromatic carboxylic acids is 1. The molecular weight excluding hydrogens is 244 g/mol. The maximum absolute atomic E-state index is 11.9. The predicted octanol–water partition coefficient (Wildman–Crippen LogP) is 1.75. The second kappa shape index (κ2) is 6.13. The van der Waals surface area contributed by atoms with Gasteiger partial charge in [0, 0.05) is 12.1 Å². The monoisotopic (exact) mass is 260 g/mol. The first-order valence-electron chi connectivity index (χ1n) is 6.28. The van der Waals surface area contributed by atoms with E-state index in [0.717, 1.165) is 19.3 Å². The Kier molecular flexibility index (Phi) is 4.28. The van der Waals surface area contributed by atoms with Crippen LogP contribution in [0, 0.1) is 5.92 Å². The number of rotatable bonds is 4. The van der Waals surface area contributed by atoms with Crippen LogP contribution in [0.4, 0.5) is 0 Å². The Morgan fingerprint density at radius 1 is 1.42 bits per heavy atom. The summed E-state index contributed by atoms with van der Waals surface area (Å²) in [5.41, 5.74) is 0.736. The number of hydrogen-bond acceptors (Lipinski definition) is 3. The number of carbonyl (C=O) groups excluding carboxylic acids is 1. The lowest BCUT2D eigenvalue weighted by atomic mass is 9.94. The van der Waals surface area contributed by atoms with Gasteiger partial charge in [0.15, 0.2) is 0 Å². The van der Waals surface area contributed by atoms with Gasteiger partial charge in [-0.2, -0.15) is 0 Å². The molecule has 2 N–H and O–H groups in total. The molecule has 0 saturated carbocycles. The Balaban J connectivity index is 1.91. The van der Waals surface area contributed by atoms with Gasteiger partial charge in [0.2, 0.25) is 5.91 Å². The molecule has 1 heterocycles. The molecule has 1 amide bonds. The Hall–Kier alpha value is -2.17. The van der Waals surface area contributed by atoms with Crippen LogP contribution in [0.5, 0.6) is 0 Å². The SMILES string of the molecule is O=C(O)c1ccnc(CNC(=O)C2CC=CCC2)c1. The number of aromatic nitrogens is 1. The normalized spacial score (nSPS) is 18.0. The molecule has 19 heavy (non-hydrogen) atoms. The van der Waals surface area contributed by atoms with Crippen molar-refractivity contribution >= 4 is 11.9 Å². The molecule has 0 radical (unpaired) electrons. The number of carboxylic acids is 1. The first kappa shape index (κ1) is 13.3. The van der Waals surface area contributed by atoms with E-state index in [1.807, 2.05) is 6.08 Å². The Morgan fingerprint density at radius 3 is 2.95 bits per heavy atom. The lowest BCUT2D eigenvalue weighted by Gasteiger charge is -2.17. The predicted molar refractivity (Wildman–Crippen MR) is 69.5 cm³/mol. The number of allylic oxidation sites excluding steroid dienone is 2. The number of nitrogens with zero attached hydrogens (tertiary/aromatic N) is 1. The van der Waals surface area contributed by atoms with Gasteiger partial charge in [-0.05, 0) is 31.4 Å². The minimum atomic E-state index is -0.993. The number of amides is 1. The van der Waals surface area contributed by atoms with E-state index in [1.54, 1.807) is 0 Å². The van der Waals surface area contributed by atoms with E-state index in [2.05, 4.69) is 16.4 Å². The van der Waals surface area contributed by atoms with E-state index in [-0.39, 0.29) is 23.9 Å². The van der Waals surface area contributed by atoms with Gasteiger partial charge in [-0.15, -0.1) is 0 Å². The first-order chi connectivity index (χ1) is 9.16. The average molecular weight is 260 g/mol. The van der Waals surface area contributed by atoms with Crippen LogP contribution in [0.25, 0.3) is 0 Å². The maximum Gasteiger partial charge on any atom is 0.335 e. The lowest BCUT2D eigenvalue weighted by Crippen LogP contribution is -2.31. The quantitative estimate of drug-likeness (QED) is 0.808. The molecule has 100 valence electrons. The van der Waals surface area contributed by atoms with E-state index in [9.17, 15) is 9.59 Å². The summed E-state index contributed by atoms with van der Waals surface area (Å²) >= 11 is 0. The molecule has 5 heteroatoms. The first-order valence-corrected chi connectivity index (χ1v) is 6.28. The van der Waals surface area contributed by atoms with E-state index < -0.39 is 5.97 Å². The van der Waals surface area contributed by atoms with Crippen molar-refractivity contribution in [2.45, 2.75) is 25.8 Å². The van der Waals surface area contributed by atoms with Crippen molar-refractivity contribution in [2.75, 3.05) is 0 Å². The van der Waals surface area contributed by atoms with Crippen LogP contribution in [0.3, 0.4) is 0 Å². The summed E-state index contributed by atoms with van der Waals surface area (Å²) in [5, 5.41) is 11.7. The smallest absolute Gasteiger partial charge is 0.335 e. The summed E-state index contributed by atoms with van der Waals surface area (Å²) in [6.45, 7) is 0.264. The van der Waals surface area contributed by atoms with Crippen LogP contribution in [0.15, 0.2) is 30.5 Å². The third-order valence-corrected chi connectivity index (χ3v) is 3.15. The number of pyridine rings is 1. The second-order valence-corrected chi connectivity index (χ2v) is 4.54. The molecule has 5 nitrogen and oxygen atoms in total. The summed E-state index contributed by atoms with van der Waals surface area (Å²) in [6.07, 6.45) is 8.12. The van der Waals surface area contributed by atoms with Crippen molar-refractivity contribution in [3.8, 4) is 0 Å². The zero-order chi connectivity index (χ0) is 13.7. The highest BCUT2D eigenvalue weighted by Crippen LogP contribution is 2.18. The van der Waals surface area contributed by atoms with E-state index in [4.69, 9.17) is 5.11 Å². The van der Waals surface area contributed by atoms with Crippen molar-refractivity contribution in [3.05, 3.63) is 41.7 Å². The standard InChI is InChI=1S/C14H16N2O3/c17-13(10-4-2-1-3-5-10)16-9-12-8-11(14(18)19)6-7-15-12/h1-2,6-8,10H,3-5,9H2,(H,16,17)(H,18,19). The van der Waals surface area contributed by atoms with E-state index >= 15 is 0 Å². The summed E-state index contributed by atoms with van der Waals surface area (Å²) < 4.78 is 0. The van der Waals surface area contributed by atoms with Crippen molar-refractivity contribution in [1.29, 1.82) is 0 Å². The summed E-state index contributed by atoms with van der Waals surface area (Å²) in [6, 6.07) is 2.91. The highest BCUT2D eigenvalue weighted by molar-refractivity contribution is 5.87. The topological polar surface area (TPSA) is 79.3 Å². The maximum atomic E-state index is 11.9. The van der Waals surface area contributed by atoms with Crippen LogP contribution in [0.1, 0.15) is 35.3 Å². The lowest BCUT2D eigenvalue weighted by molar-refractivity contribution is -0.125. The van der Waals surface area contributed by atoms with Crippen LogP contribution in [0.2, 0.25) is 0 Å². The van der Waals surface area contributed by atoms with E-state index in [1.165, 1.54) is 18.3 Å². The van der Waals surface area contributed by atoms with Gasteiger partial charge in [-0.25, -0.2) is 4.79 Å². The van der Waals surface area contributed by atoms with Gasteiger partial charge in [-0.1, -0.05) is 12.2 Å². The van der Waals surface area contributed by atoms with Crippen LogP contribution >= 0.6 is 0 Å². The Morgan fingerprint density at radius 2 is 2.26 bits per heavy atom. The highest BCUT2D eigenvalue weighted by atomic mass is 16.4. The third-order valence-electron chi connectivity index (χ3n) is 3.15. The second-order valence-electron chi connectivity index (χ2n) is 4.54. The zero-order valence-corrected chi connectivity index (χ0v) is 10.5. The molecule has 0 aromatic carbocycles. The zero-order valence-electron chi connectivity index (χ0n) is 10.5. The number of carbonyl (C=O) groups is 2. The van der Waals surface area contributed by atoms with Crippen LogP contribution in [-0.2, 0) is 11.3 Å². The van der Waals surface area contributed by atoms with Gasteiger partial charge < -0.3 is 10.4 Å². The fourth-order valence-electron chi connectivity index (χ4n) is 2.06. The fourth-order valence-corrected chi connectivity index (χ4v) is 2.06. The molecule has 0 aliphatic heterocycles. The molecule has 0 bridgehead atoms. The Bertz CT molecular complexity index is 511. The molecule has 1 aliphatic rings. The van der Waals surface area contributed by atoms with Gasteiger partial charge in [0.05, 0.1) is 17.8 Å². The molecular formula is C14H16N2O3. The number of nitrogens with one attached hydrogen (secondary N) is 1. The highest BCUT2D eigenvalue weighted by Gasteiger charge is 2.18. The number of hydrogen-bond donors (Lipinski definition) is 2.